The number of anilines is 1. The van der Waals surface area contributed by atoms with E-state index in [1.54, 1.807) is 0 Å². The summed E-state index contributed by atoms with van der Waals surface area (Å²) in [6.45, 7) is -0.722. The van der Waals surface area contributed by atoms with Crippen molar-refractivity contribution in [2.45, 2.75) is 57.8 Å². The fourth-order valence-corrected chi connectivity index (χ4v) is 8.15. The van der Waals surface area contributed by atoms with Gasteiger partial charge in [-0.25, -0.2) is 0 Å². The Morgan fingerprint density at radius 2 is 1.69 bits per heavy atom. The van der Waals surface area contributed by atoms with Gasteiger partial charge in [-0.3, -0.25) is 19.2 Å². The Kier molecular flexibility index (Phi) is 5.47. The van der Waals surface area contributed by atoms with Crippen molar-refractivity contribution >= 4 is 40.0 Å². The molecule has 8 nitrogen and oxygen atoms in total. The van der Waals surface area contributed by atoms with Crippen molar-refractivity contribution in [3.8, 4) is 0 Å². The largest absolute Gasteiger partial charge is 0.454 e. The van der Waals surface area contributed by atoms with Crippen LogP contribution in [0.5, 0.6) is 0 Å². The second kappa shape index (κ2) is 8.17. The second-order valence-corrected chi connectivity index (χ2v) is 11.1. The Morgan fingerprint density at radius 1 is 1.03 bits per heavy atom. The molecular formula is C23H29N3O5S. The van der Waals surface area contributed by atoms with Crippen molar-refractivity contribution < 1.29 is 23.9 Å². The molecule has 0 radical (unpaired) electrons. The lowest BCUT2D eigenvalue weighted by molar-refractivity contribution is -0.152. The number of fused-ring (bicyclic) bond motifs is 1. The number of rotatable bonds is 7. The van der Waals surface area contributed by atoms with E-state index in [1.165, 1.54) is 30.6 Å². The van der Waals surface area contributed by atoms with E-state index in [0.29, 0.717) is 28.3 Å². The number of hydrogen-bond donors (Lipinski definition) is 3. The minimum atomic E-state index is -0.651. The zero-order valence-corrected chi connectivity index (χ0v) is 18.9. The van der Waals surface area contributed by atoms with Crippen LogP contribution in [0.1, 0.15) is 65.7 Å². The summed E-state index contributed by atoms with van der Waals surface area (Å²) in [5.41, 5.74) is 6.46. The topological polar surface area (TPSA) is 128 Å². The summed E-state index contributed by atoms with van der Waals surface area (Å²) in [4.78, 5) is 50.2. The molecule has 0 unspecified atom stereocenters. The highest BCUT2D eigenvalue weighted by molar-refractivity contribution is 7.17. The number of primary amides is 1. The molecule has 0 atom stereocenters. The minimum absolute atomic E-state index is 0.0443. The number of amides is 3. The van der Waals surface area contributed by atoms with Crippen LogP contribution in [0.2, 0.25) is 0 Å². The van der Waals surface area contributed by atoms with Gasteiger partial charge in [0.15, 0.2) is 6.61 Å². The molecule has 1 aromatic heterocycles. The molecule has 0 aromatic carbocycles. The first-order chi connectivity index (χ1) is 15.3. The van der Waals surface area contributed by atoms with Crippen LogP contribution in [0.15, 0.2) is 0 Å². The predicted molar refractivity (Wildman–Crippen MR) is 118 cm³/mol. The molecule has 4 bridgehead atoms. The van der Waals surface area contributed by atoms with Crippen LogP contribution in [-0.4, -0.2) is 36.8 Å². The van der Waals surface area contributed by atoms with E-state index in [1.807, 2.05) is 0 Å². The Balaban J connectivity index is 1.10. The van der Waals surface area contributed by atoms with E-state index in [9.17, 15) is 19.2 Å². The van der Waals surface area contributed by atoms with Gasteiger partial charge in [-0.2, -0.15) is 0 Å². The van der Waals surface area contributed by atoms with Crippen molar-refractivity contribution in [2.75, 3.05) is 18.5 Å². The van der Waals surface area contributed by atoms with E-state index in [4.69, 9.17) is 10.5 Å². The Labute approximate surface area is 190 Å². The van der Waals surface area contributed by atoms with Gasteiger partial charge >= 0.3 is 5.97 Å². The first-order valence-corrected chi connectivity index (χ1v) is 12.3. The molecule has 3 amide bonds. The summed E-state index contributed by atoms with van der Waals surface area (Å²) in [5, 5.41) is 5.82. The van der Waals surface area contributed by atoms with E-state index < -0.39 is 24.4 Å². The number of ether oxygens (including phenoxy) is 1. The number of thiophene rings is 1. The summed E-state index contributed by atoms with van der Waals surface area (Å²) in [5.74, 6) is 0.140. The third-order valence-electron chi connectivity index (χ3n) is 7.70. The van der Waals surface area contributed by atoms with Crippen LogP contribution < -0.4 is 16.4 Å². The molecule has 9 heteroatoms. The van der Waals surface area contributed by atoms with Gasteiger partial charge in [0.25, 0.3) is 11.8 Å². The molecular weight excluding hydrogens is 430 g/mol. The predicted octanol–water partition coefficient (Wildman–Crippen LogP) is 2.15. The molecule has 4 N–H and O–H groups in total. The highest BCUT2D eigenvalue weighted by atomic mass is 32.1. The Morgan fingerprint density at radius 3 is 2.31 bits per heavy atom. The second-order valence-electron chi connectivity index (χ2n) is 10.0. The maximum absolute atomic E-state index is 12.9. The van der Waals surface area contributed by atoms with E-state index in [-0.39, 0.29) is 17.9 Å². The molecule has 0 aliphatic heterocycles. The standard InChI is InChI=1S/C23H29N3O5S/c24-20(29)19-15-2-1-3-16(15)32-21(19)26-17(27)11-31-18(28)10-25-22(30)23-7-12-4-13(8-23)6-14(5-12)9-23/h12-14H,1-11H2,(H2,24,29)(H,25,30)(H,26,27). The monoisotopic (exact) mass is 459 g/mol. The van der Waals surface area contributed by atoms with Gasteiger partial charge in [0, 0.05) is 10.3 Å². The number of carbonyl (C=O) groups is 4. The minimum Gasteiger partial charge on any atom is -0.454 e. The van der Waals surface area contributed by atoms with Gasteiger partial charge in [-0.15, -0.1) is 11.3 Å². The summed E-state index contributed by atoms with van der Waals surface area (Å²) < 4.78 is 5.05. The van der Waals surface area contributed by atoms with Crippen molar-refractivity contribution in [2.24, 2.45) is 28.9 Å². The van der Waals surface area contributed by atoms with Crippen molar-refractivity contribution in [3.63, 3.8) is 0 Å². The number of nitrogens with two attached hydrogens (primary N) is 1. The van der Waals surface area contributed by atoms with Gasteiger partial charge in [-0.1, -0.05) is 0 Å². The van der Waals surface area contributed by atoms with Crippen molar-refractivity contribution in [1.82, 2.24) is 5.32 Å². The molecule has 5 aliphatic rings. The van der Waals surface area contributed by atoms with Crippen LogP contribution in [0.4, 0.5) is 5.00 Å². The SMILES string of the molecule is NC(=O)c1c(NC(=O)COC(=O)CNC(=O)C23CC4CC(CC(C4)C2)C3)sc2c1CCC2. The van der Waals surface area contributed by atoms with Crippen LogP contribution in [0.3, 0.4) is 0 Å². The van der Waals surface area contributed by atoms with E-state index >= 15 is 0 Å². The maximum Gasteiger partial charge on any atom is 0.325 e. The third kappa shape index (κ3) is 3.91. The molecule has 1 aromatic rings. The first kappa shape index (κ1) is 21.4. The number of esters is 1. The Hall–Kier alpha value is -2.42. The summed E-state index contributed by atoms with van der Waals surface area (Å²) in [7, 11) is 0. The molecule has 4 saturated carbocycles. The number of nitrogens with one attached hydrogen (secondary N) is 2. The third-order valence-corrected chi connectivity index (χ3v) is 8.91. The van der Waals surface area contributed by atoms with Gasteiger partial charge in [0.1, 0.15) is 11.5 Å². The lowest BCUT2D eigenvalue weighted by Gasteiger charge is -2.55. The highest BCUT2D eigenvalue weighted by Crippen LogP contribution is 2.60. The summed E-state index contributed by atoms with van der Waals surface area (Å²) in [6.07, 6.45) is 9.13. The van der Waals surface area contributed by atoms with Gasteiger partial charge < -0.3 is 21.1 Å². The van der Waals surface area contributed by atoms with Gasteiger partial charge in [-0.05, 0) is 81.1 Å². The average Bonchev–Trinajstić information content (AvgIpc) is 3.29. The lowest BCUT2D eigenvalue weighted by atomic mass is 9.49. The fraction of sp³-hybridized carbons (Fsp3) is 0.652. The van der Waals surface area contributed by atoms with Crippen LogP contribution in [0.25, 0.3) is 0 Å². The van der Waals surface area contributed by atoms with E-state index in [0.717, 1.165) is 49.0 Å². The van der Waals surface area contributed by atoms with Crippen molar-refractivity contribution in [1.29, 1.82) is 0 Å². The first-order valence-electron chi connectivity index (χ1n) is 11.5. The molecule has 32 heavy (non-hydrogen) atoms. The molecule has 6 rings (SSSR count). The van der Waals surface area contributed by atoms with Crippen LogP contribution >= 0.6 is 11.3 Å². The van der Waals surface area contributed by atoms with Crippen LogP contribution in [-0.2, 0) is 32.0 Å². The normalized spacial score (nSPS) is 29.4. The quantitative estimate of drug-likeness (QED) is 0.539. The van der Waals surface area contributed by atoms with Gasteiger partial charge in [0.2, 0.25) is 5.91 Å². The molecule has 172 valence electrons. The smallest absolute Gasteiger partial charge is 0.325 e. The van der Waals surface area contributed by atoms with Gasteiger partial charge in [0.05, 0.1) is 5.56 Å². The molecule has 5 aliphatic carbocycles. The molecule has 4 fully saturated rings. The summed E-state index contributed by atoms with van der Waals surface area (Å²) in [6, 6.07) is 0. The van der Waals surface area contributed by atoms with Crippen molar-refractivity contribution in [3.05, 3.63) is 16.0 Å². The summed E-state index contributed by atoms with van der Waals surface area (Å²) >= 11 is 1.35. The lowest BCUT2D eigenvalue weighted by Crippen LogP contribution is -2.54. The Bertz CT molecular complexity index is 949. The fourth-order valence-electron chi connectivity index (χ4n) is 6.84. The molecule has 1 heterocycles. The zero-order chi connectivity index (χ0) is 22.5. The molecule has 0 saturated heterocycles. The number of hydrogen-bond acceptors (Lipinski definition) is 6. The van der Waals surface area contributed by atoms with Crippen LogP contribution in [0, 0.1) is 23.2 Å². The highest BCUT2D eigenvalue weighted by Gasteiger charge is 2.54. The number of aryl methyl sites for hydroxylation is 1. The average molecular weight is 460 g/mol. The van der Waals surface area contributed by atoms with E-state index in [2.05, 4.69) is 10.6 Å². The zero-order valence-electron chi connectivity index (χ0n) is 18.0. The molecule has 0 spiro atoms. The maximum atomic E-state index is 12.9. The number of carbonyl (C=O) groups excluding carboxylic acids is 4.